The summed E-state index contributed by atoms with van der Waals surface area (Å²) in [6.45, 7) is 0.675. The van der Waals surface area contributed by atoms with Crippen LogP contribution in [0.3, 0.4) is 0 Å². The number of carbonyl (C=O) groups is 1. The summed E-state index contributed by atoms with van der Waals surface area (Å²) in [5, 5.41) is 8.09. The van der Waals surface area contributed by atoms with Crippen LogP contribution in [-0.2, 0) is 4.79 Å². The fraction of sp³-hybridized carbons (Fsp3) is 0.375. The van der Waals surface area contributed by atoms with E-state index in [2.05, 4.69) is 20.4 Å². The third-order valence-electron chi connectivity index (χ3n) is 4.05. The first-order valence-electron chi connectivity index (χ1n) is 7.56. The number of rotatable bonds is 6. The van der Waals surface area contributed by atoms with Gasteiger partial charge in [-0.05, 0) is 31.1 Å². The van der Waals surface area contributed by atoms with Crippen LogP contribution in [0, 0.1) is 11.8 Å². The van der Waals surface area contributed by atoms with Crippen LogP contribution in [0.1, 0.15) is 6.92 Å². The van der Waals surface area contributed by atoms with Gasteiger partial charge in [-0.1, -0.05) is 19.1 Å². The lowest BCUT2D eigenvalue weighted by atomic mass is 9.88. The molecular weight excluding hydrogens is 336 g/mol. The van der Waals surface area contributed by atoms with Crippen molar-refractivity contribution in [3.05, 3.63) is 29.6 Å². The quantitative estimate of drug-likeness (QED) is 0.837. The maximum atomic E-state index is 12.5. The molecule has 2 N–H and O–H groups in total. The third-order valence-corrected chi connectivity index (χ3v) is 4.80. The zero-order valence-corrected chi connectivity index (χ0v) is 13.8. The van der Waals surface area contributed by atoms with Gasteiger partial charge >= 0.3 is 6.61 Å². The van der Waals surface area contributed by atoms with E-state index in [1.54, 1.807) is 23.6 Å². The largest absolute Gasteiger partial charge is 0.434 e. The summed E-state index contributed by atoms with van der Waals surface area (Å²) in [6, 6.07) is 6.45. The number of alkyl halides is 2. The Hall–Kier alpha value is -2.06. The highest BCUT2D eigenvalue weighted by atomic mass is 32.1. The molecule has 0 spiro atoms. The van der Waals surface area contributed by atoms with E-state index in [0.29, 0.717) is 22.3 Å². The molecule has 1 aliphatic rings. The number of carbonyl (C=O) groups excluding carboxylic acids is 1. The Labute approximate surface area is 142 Å². The lowest BCUT2D eigenvalue weighted by Gasteiger charge is -2.31. The molecule has 128 valence electrons. The Balaban J connectivity index is 1.72. The molecule has 0 bridgehead atoms. The van der Waals surface area contributed by atoms with Gasteiger partial charge in [0.1, 0.15) is 5.75 Å². The Bertz CT molecular complexity index is 719. The highest BCUT2D eigenvalue weighted by Crippen LogP contribution is 2.33. The molecule has 2 aromatic rings. The van der Waals surface area contributed by atoms with E-state index in [1.165, 1.54) is 17.4 Å². The maximum Gasteiger partial charge on any atom is 0.387 e. The zero-order chi connectivity index (χ0) is 17.1. The van der Waals surface area contributed by atoms with Crippen LogP contribution in [0.4, 0.5) is 13.9 Å². The summed E-state index contributed by atoms with van der Waals surface area (Å²) in [5.74, 6) is 0.210. The summed E-state index contributed by atoms with van der Waals surface area (Å²) < 4.78 is 29.5. The summed E-state index contributed by atoms with van der Waals surface area (Å²) >= 11 is 1.25. The molecule has 2 heterocycles. The first kappa shape index (κ1) is 16.8. The molecule has 5 nitrogen and oxygen atoms in total. The van der Waals surface area contributed by atoms with Gasteiger partial charge in [0.25, 0.3) is 0 Å². The van der Waals surface area contributed by atoms with E-state index in [0.717, 1.165) is 13.1 Å². The summed E-state index contributed by atoms with van der Waals surface area (Å²) in [6.07, 6.45) is 0. The number of para-hydroxylation sites is 1. The van der Waals surface area contributed by atoms with Crippen molar-refractivity contribution in [3.63, 3.8) is 0 Å². The summed E-state index contributed by atoms with van der Waals surface area (Å²) in [5.41, 5.74) is 0.954. The number of benzene rings is 1. The number of hydrogen-bond donors (Lipinski definition) is 2. The number of halogens is 2. The van der Waals surface area contributed by atoms with Gasteiger partial charge in [0.2, 0.25) is 5.91 Å². The number of aromatic nitrogens is 1. The van der Waals surface area contributed by atoms with Gasteiger partial charge < -0.3 is 15.4 Å². The van der Waals surface area contributed by atoms with Gasteiger partial charge in [-0.25, -0.2) is 4.98 Å². The summed E-state index contributed by atoms with van der Waals surface area (Å²) in [4.78, 5) is 16.5. The second kappa shape index (κ2) is 7.23. The number of hydrogen-bond acceptors (Lipinski definition) is 5. The van der Waals surface area contributed by atoms with Crippen LogP contribution in [0.5, 0.6) is 5.75 Å². The standard InChI is InChI=1S/C16H17F2N3O2S/c1-9(10-6-19-7-10)14(22)21-16-20-12(8-24-16)11-4-2-3-5-13(11)23-15(17)18/h2-5,8-10,15,19H,6-7H2,1H3,(H,20,21,22). The summed E-state index contributed by atoms with van der Waals surface area (Å²) in [7, 11) is 0. The van der Waals surface area contributed by atoms with Gasteiger partial charge in [-0.2, -0.15) is 8.78 Å². The fourth-order valence-corrected chi connectivity index (χ4v) is 3.14. The van der Waals surface area contributed by atoms with Crippen LogP contribution in [-0.4, -0.2) is 30.6 Å². The Morgan fingerprint density at radius 1 is 1.42 bits per heavy atom. The monoisotopic (exact) mass is 353 g/mol. The predicted octanol–water partition coefficient (Wildman–Crippen LogP) is 3.21. The van der Waals surface area contributed by atoms with E-state index in [1.807, 2.05) is 6.92 Å². The molecule has 1 unspecified atom stereocenters. The zero-order valence-electron chi connectivity index (χ0n) is 13.0. The average molecular weight is 353 g/mol. The first-order valence-corrected chi connectivity index (χ1v) is 8.44. The molecule has 0 aliphatic carbocycles. The Morgan fingerprint density at radius 3 is 2.83 bits per heavy atom. The topological polar surface area (TPSA) is 63.2 Å². The molecule has 1 amide bonds. The van der Waals surface area contributed by atoms with Gasteiger partial charge in [0, 0.05) is 16.9 Å². The second-order valence-corrected chi connectivity index (χ2v) is 6.47. The maximum absolute atomic E-state index is 12.5. The molecule has 1 atom stereocenters. The SMILES string of the molecule is CC(C(=O)Nc1nc(-c2ccccc2OC(F)F)cs1)C1CNC1. The molecular formula is C16H17F2N3O2S. The minimum Gasteiger partial charge on any atom is -0.434 e. The molecule has 1 aromatic carbocycles. The average Bonchev–Trinajstić information content (AvgIpc) is 2.93. The van der Waals surface area contributed by atoms with Crippen molar-refractivity contribution in [2.75, 3.05) is 18.4 Å². The number of thiazole rings is 1. The molecule has 1 saturated heterocycles. The molecule has 1 fully saturated rings. The van der Waals surface area contributed by atoms with E-state index < -0.39 is 6.61 Å². The smallest absolute Gasteiger partial charge is 0.387 e. The van der Waals surface area contributed by atoms with Gasteiger partial charge in [0.05, 0.1) is 5.69 Å². The second-order valence-electron chi connectivity index (χ2n) is 5.61. The number of ether oxygens (including phenoxy) is 1. The van der Waals surface area contributed by atoms with Crippen molar-refractivity contribution in [1.82, 2.24) is 10.3 Å². The molecule has 1 aliphatic heterocycles. The molecule has 0 radical (unpaired) electrons. The third kappa shape index (κ3) is 3.70. The minimum atomic E-state index is -2.90. The lowest BCUT2D eigenvalue weighted by molar-refractivity contribution is -0.121. The van der Waals surface area contributed by atoms with Crippen LogP contribution in [0.2, 0.25) is 0 Å². The van der Waals surface area contributed by atoms with E-state index in [9.17, 15) is 13.6 Å². The molecule has 1 aromatic heterocycles. The number of nitrogens with zero attached hydrogens (tertiary/aromatic N) is 1. The molecule has 8 heteroatoms. The van der Waals surface area contributed by atoms with E-state index in [-0.39, 0.29) is 17.6 Å². The van der Waals surface area contributed by atoms with Crippen LogP contribution in [0.25, 0.3) is 11.3 Å². The number of amides is 1. The van der Waals surface area contributed by atoms with Gasteiger partial charge in [0.15, 0.2) is 5.13 Å². The highest BCUT2D eigenvalue weighted by Gasteiger charge is 2.29. The predicted molar refractivity (Wildman–Crippen MR) is 88.3 cm³/mol. The van der Waals surface area contributed by atoms with Crippen LogP contribution in [0.15, 0.2) is 29.6 Å². The van der Waals surface area contributed by atoms with Crippen LogP contribution >= 0.6 is 11.3 Å². The van der Waals surface area contributed by atoms with Crippen molar-refractivity contribution in [1.29, 1.82) is 0 Å². The number of nitrogens with one attached hydrogen (secondary N) is 2. The van der Waals surface area contributed by atoms with Crippen molar-refractivity contribution < 1.29 is 18.3 Å². The van der Waals surface area contributed by atoms with E-state index in [4.69, 9.17) is 0 Å². The normalized spacial score (nSPS) is 15.8. The van der Waals surface area contributed by atoms with Crippen molar-refractivity contribution in [2.24, 2.45) is 11.8 Å². The first-order chi connectivity index (χ1) is 11.5. The molecule has 0 saturated carbocycles. The Kier molecular flexibility index (Phi) is 5.06. The Morgan fingerprint density at radius 2 is 2.17 bits per heavy atom. The van der Waals surface area contributed by atoms with Gasteiger partial charge in [-0.15, -0.1) is 11.3 Å². The molecule has 24 heavy (non-hydrogen) atoms. The molecule has 3 rings (SSSR count). The van der Waals surface area contributed by atoms with E-state index >= 15 is 0 Å². The fourth-order valence-electron chi connectivity index (χ4n) is 2.43. The highest BCUT2D eigenvalue weighted by molar-refractivity contribution is 7.14. The lowest BCUT2D eigenvalue weighted by Crippen LogP contribution is -2.48. The van der Waals surface area contributed by atoms with Crippen molar-refractivity contribution >= 4 is 22.4 Å². The number of anilines is 1. The van der Waals surface area contributed by atoms with Gasteiger partial charge in [-0.3, -0.25) is 4.79 Å². The van der Waals surface area contributed by atoms with Crippen molar-refractivity contribution in [3.8, 4) is 17.0 Å². The minimum absolute atomic E-state index is 0.0598. The van der Waals surface area contributed by atoms with Crippen molar-refractivity contribution in [2.45, 2.75) is 13.5 Å². The van der Waals surface area contributed by atoms with Crippen LogP contribution < -0.4 is 15.4 Å².